The second kappa shape index (κ2) is 11.8. The van der Waals surface area contributed by atoms with Crippen LogP contribution in [0.2, 0.25) is 0 Å². The highest BCUT2D eigenvalue weighted by Crippen LogP contribution is 2.08. The van der Waals surface area contributed by atoms with Crippen LogP contribution in [0.25, 0.3) is 0 Å². The van der Waals surface area contributed by atoms with Crippen LogP contribution in [0, 0.1) is 11.8 Å². The van der Waals surface area contributed by atoms with Gasteiger partial charge in [0.2, 0.25) is 17.7 Å². The van der Waals surface area contributed by atoms with Gasteiger partial charge in [0.25, 0.3) is 0 Å². The van der Waals surface area contributed by atoms with Crippen molar-refractivity contribution in [3.05, 3.63) is 0 Å². The van der Waals surface area contributed by atoms with E-state index in [2.05, 4.69) is 28.6 Å². The van der Waals surface area contributed by atoms with Gasteiger partial charge in [-0.25, -0.2) is 4.79 Å². The molecule has 0 saturated carbocycles. The highest BCUT2D eigenvalue weighted by atomic mass is 32.1. The van der Waals surface area contributed by atoms with E-state index < -0.39 is 47.9 Å². The number of carbonyl (C=O) groups excluding carboxylic acids is 3. The van der Waals surface area contributed by atoms with Gasteiger partial charge in [0, 0.05) is 5.75 Å². The molecule has 0 aliphatic carbocycles. The summed E-state index contributed by atoms with van der Waals surface area (Å²) in [4.78, 5) is 48.0. The lowest BCUT2D eigenvalue weighted by molar-refractivity contribution is -0.143. The summed E-state index contributed by atoms with van der Waals surface area (Å²) in [5.74, 6) is -3.20. The number of hydrogen-bond acceptors (Lipinski definition) is 6. The molecule has 6 N–H and O–H groups in total. The number of carbonyl (C=O) groups is 4. The molecule has 0 aliphatic heterocycles. The van der Waals surface area contributed by atoms with E-state index in [-0.39, 0.29) is 17.6 Å². The maximum absolute atomic E-state index is 12.5. The molecule has 156 valence electrons. The second-order valence-electron chi connectivity index (χ2n) is 6.96. The first-order valence-electron chi connectivity index (χ1n) is 8.96. The van der Waals surface area contributed by atoms with Crippen LogP contribution in [0.15, 0.2) is 0 Å². The molecule has 0 aromatic rings. The summed E-state index contributed by atoms with van der Waals surface area (Å²) in [5.41, 5.74) is 5.60. The number of nitrogens with two attached hydrogens (primary N) is 1. The zero-order chi connectivity index (χ0) is 21.3. The zero-order valence-electron chi connectivity index (χ0n) is 16.5. The standard InChI is InChI=1S/C17H32N4O5S/c1-6-9(4)13(17(25)26)21-14(22)10(5)19-16(24)12(8(2)3)20-15(23)11(18)7-27/h8-13,27H,6-7,18H2,1-5H3,(H,19,24)(H,20,23)(H,21,22)(H,25,26). The average Bonchev–Trinajstić information content (AvgIpc) is 2.61. The van der Waals surface area contributed by atoms with Crippen molar-refractivity contribution in [3.8, 4) is 0 Å². The highest BCUT2D eigenvalue weighted by Gasteiger charge is 2.31. The van der Waals surface area contributed by atoms with E-state index in [1.165, 1.54) is 6.92 Å². The Morgan fingerprint density at radius 1 is 0.926 bits per heavy atom. The molecule has 0 aromatic carbocycles. The molecule has 27 heavy (non-hydrogen) atoms. The monoisotopic (exact) mass is 404 g/mol. The Balaban J connectivity index is 4.99. The first-order valence-corrected chi connectivity index (χ1v) is 9.59. The third kappa shape index (κ3) is 8.17. The van der Waals surface area contributed by atoms with E-state index in [1.54, 1.807) is 20.8 Å². The third-order valence-corrected chi connectivity index (χ3v) is 4.70. The van der Waals surface area contributed by atoms with Crippen LogP contribution in [0.5, 0.6) is 0 Å². The van der Waals surface area contributed by atoms with Crippen LogP contribution in [-0.2, 0) is 19.2 Å². The molecule has 0 aromatic heterocycles. The zero-order valence-corrected chi connectivity index (χ0v) is 17.4. The molecule has 0 spiro atoms. The molecule has 0 heterocycles. The van der Waals surface area contributed by atoms with Gasteiger partial charge in [-0.1, -0.05) is 34.1 Å². The maximum Gasteiger partial charge on any atom is 0.326 e. The Hall–Kier alpha value is -1.81. The van der Waals surface area contributed by atoms with Gasteiger partial charge in [0.05, 0.1) is 6.04 Å². The fraction of sp³-hybridized carbons (Fsp3) is 0.765. The molecule has 0 radical (unpaired) electrons. The minimum Gasteiger partial charge on any atom is -0.480 e. The number of carboxylic acid groups (broad SMARTS) is 1. The lowest BCUT2D eigenvalue weighted by atomic mass is 9.99. The van der Waals surface area contributed by atoms with E-state index in [0.29, 0.717) is 6.42 Å². The minimum absolute atomic E-state index is 0.128. The second-order valence-corrected chi connectivity index (χ2v) is 7.32. The fourth-order valence-electron chi connectivity index (χ4n) is 2.21. The number of thiol groups is 1. The first-order chi connectivity index (χ1) is 12.5. The van der Waals surface area contributed by atoms with Gasteiger partial charge in [0.1, 0.15) is 18.1 Å². The molecule has 0 rings (SSSR count). The summed E-state index contributed by atoms with van der Waals surface area (Å²) in [6.07, 6.45) is 0.574. The molecule has 0 saturated heterocycles. The molecule has 3 amide bonds. The first kappa shape index (κ1) is 25.2. The Morgan fingerprint density at radius 3 is 1.85 bits per heavy atom. The number of nitrogens with one attached hydrogen (secondary N) is 3. The normalized spacial score (nSPS) is 16.6. The lowest BCUT2D eigenvalue weighted by Crippen LogP contribution is -2.58. The largest absolute Gasteiger partial charge is 0.480 e. The number of amides is 3. The van der Waals surface area contributed by atoms with Gasteiger partial charge in [-0.3, -0.25) is 14.4 Å². The molecular formula is C17H32N4O5S. The van der Waals surface area contributed by atoms with Gasteiger partial charge >= 0.3 is 5.97 Å². The predicted molar refractivity (Wildman–Crippen MR) is 105 cm³/mol. The molecule has 0 bridgehead atoms. The fourth-order valence-corrected chi connectivity index (χ4v) is 2.37. The van der Waals surface area contributed by atoms with Crippen molar-refractivity contribution in [1.82, 2.24) is 16.0 Å². The quantitative estimate of drug-likeness (QED) is 0.256. The van der Waals surface area contributed by atoms with Crippen LogP contribution in [0.4, 0.5) is 0 Å². The summed E-state index contributed by atoms with van der Waals surface area (Å²) in [6.45, 7) is 8.47. The summed E-state index contributed by atoms with van der Waals surface area (Å²) < 4.78 is 0. The molecule has 0 aliphatic rings. The van der Waals surface area contributed by atoms with Crippen LogP contribution in [0.1, 0.15) is 41.0 Å². The van der Waals surface area contributed by atoms with Crippen LogP contribution in [-0.4, -0.2) is 58.7 Å². The van der Waals surface area contributed by atoms with Crippen molar-refractivity contribution >= 4 is 36.3 Å². The minimum atomic E-state index is -1.13. The summed E-state index contributed by atoms with van der Waals surface area (Å²) in [6, 6.07) is -3.76. The van der Waals surface area contributed by atoms with Crippen LogP contribution >= 0.6 is 12.6 Å². The van der Waals surface area contributed by atoms with Crippen molar-refractivity contribution in [2.24, 2.45) is 17.6 Å². The number of hydrogen-bond donors (Lipinski definition) is 6. The smallest absolute Gasteiger partial charge is 0.326 e. The van der Waals surface area contributed by atoms with Crippen LogP contribution in [0.3, 0.4) is 0 Å². The van der Waals surface area contributed by atoms with Crippen molar-refractivity contribution in [2.75, 3.05) is 5.75 Å². The van der Waals surface area contributed by atoms with Crippen LogP contribution < -0.4 is 21.7 Å². The summed E-state index contributed by atoms with van der Waals surface area (Å²) in [7, 11) is 0. The Labute approximate surface area is 165 Å². The SMILES string of the molecule is CCC(C)C(NC(=O)C(C)NC(=O)C(NC(=O)C(N)CS)C(C)C)C(=O)O. The maximum atomic E-state index is 12.5. The van der Waals surface area contributed by atoms with Crippen molar-refractivity contribution in [2.45, 2.75) is 65.2 Å². The Bertz CT molecular complexity index is 543. The Kier molecular flexibility index (Phi) is 11.0. The van der Waals surface area contributed by atoms with Crippen molar-refractivity contribution in [1.29, 1.82) is 0 Å². The van der Waals surface area contributed by atoms with Gasteiger partial charge in [-0.15, -0.1) is 0 Å². The van der Waals surface area contributed by atoms with E-state index in [1.807, 2.05) is 6.92 Å². The van der Waals surface area contributed by atoms with Gasteiger partial charge < -0.3 is 26.8 Å². The summed E-state index contributed by atoms with van der Waals surface area (Å²) in [5, 5.41) is 16.7. The Morgan fingerprint density at radius 2 is 1.44 bits per heavy atom. The van der Waals surface area contributed by atoms with E-state index in [9.17, 15) is 24.3 Å². The number of aliphatic carboxylic acids is 1. The summed E-state index contributed by atoms with van der Waals surface area (Å²) >= 11 is 3.95. The number of carboxylic acids is 1. The molecular weight excluding hydrogens is 372 g/mol. The predicted octanol–water partition coefficient (Wildman–Crippen LogP) is -0.495. The van der Waals surface area contributed by atoms with Gasteiger partial charge in [-0.2, -0.15) is 12.6 Å². The molecule has 5 unspecified atom stereocenters. The average molecular weight is 405 g/mol. The molecule has 9 nitrogen and oxygen atoms in total. The lowest BCUT2D eigenvalue weighted by Gasteiger charge is -2.26. The van der Waals surface area contributed by atoms with Crippen molar-refractivity contribution < 1.29 is 24.3 Å². The van der Waals surface area contributed by atoms with Crippen molar-refractivity contribution in [3.63, 3.8) is 0 Å². The van der Waals surface area contributed by atoms with Gasteiger partial charge in [0.15, 0.2) is 0 Å². The molecule has 0 fully saturated rings. The molecule has 10 heteroatoms. The third-order valence-electron chi connectivity index (χ3n) is 4.31. The highest BCUT2D eigenvalue weighted by molar-refractivity contribution is 7.80. The topological polar surface area (TPSA) is 151 Å². The van der Waals surface area contributed by atoms with E-state index >= 15 is 0 Å². The molecule has 5 atom stereocenters. The number of rotatable bonds is 11. The van der Waals surface area contributed by atoms with E-state index in [4.69, 9.17) is 5.73 Å². The van der Waals surface area contributed by atoms with Gasteiger partial charge in [-0.05, 0) is 18.8 Å². The van der Waals surface area contributed by atoms with E-state index in [0.717, 1.165) is 0 Å².